The van der Waals surface area contributed by atoms with Crippen LogP contribution in [0.25, 0.3) is 0 Å². The van der Waals surface area contributed by atoms with E-state index >= 15 is 0 Å². The van der Waals surface area contributed by atoms with Crippen molar-refractivity contribution in [2.45, 2.75) is 25.6 Å². The lowest BCUT2D eigenvalue weighted by molar-refractivity contribution is -0.0359. The van der Waals surface area contributed by atoms with Gasteiger partial charge in [-0.2, -0.15) is 0 Å². The van der Waals surface area contributed by atoms with Crippen LogP contribution in [0.2, 0.25) is 0 Å². The highest BCUT2D eigenvalue weighted by molar-refractivity contribution is 5.94. The average Bonchev–Trinajstić information content (AvgIpc) is 2.46. The lowest BCUT2D eigenvalue weighted by atomic mass is 9.85. The highest BCUT2D eigenvalue weighted by atomic mass is 16.6. The van der Waals surface area contributed by atoms with Crippen molar-refractivity contribution < 1.29 is 14.6 Å². The monoisotopic (exact) mass is 268 g/mol. The second kappa shape index (κ2) is 5.10. The van der Waals surface area contributed by atoms with Crippen LogP contribution in [0, 0.1) is 0 Å². The van der Waals surface area contributed by atoms with Gasteiger partial charge in [-0.15, -0.1) is 0 Å². The first-order valence-electron chi connectivity index (χ1n) is 6.69. The topological polar surface area (TPSA) is 46.5 Å². The number of carbonyl (C=O) groups excluding carboxylic acids is 1. The third-order valence-electron chi connectivity index (χ3n) is 3.69. The molecule has 0 aliphatic carbocycles. The number of benzene rings is 2. The minimum Gasteiger partial charge on any atom is -0.465 e. The maximum atomic E-state index is 11.5. The van der Waals surface area contributed by atoms with Crippen molar-refractivity contribution in [3.8, 4) is 5.75 Å². The van der Waals surface area contributed by atoms with E-state index in [0.29, 0.717) is 17.7 Å². The van der Waals surface area contributed by atoms with Gasteiger partial charge < -0.3 is 9.84 Å². The Labute approximate surface area is 117 Å². The summed E-state index contributed by atoms with van der Waals surface area (Å²) in [6.07, 6.45) is -0.311. The van der Waals surface area contributed by atoms with Gasteiger partial charge in [-0.3, -0.25) is 4.79 Å². The lowest BCUT2D eigenvalue weighted by Gasteiger charge is -2.30. The van der Waals surface area contributed by atoms with Crippen LogP contribution in [0.1, 0.15) is 40.7 Å². The number of ether oxygens (including phenoxy) is 1. The number of hydrogen-bond acceptors (Lipinski definition) is 3. The number of rotatable bonds is 2. The van der Waals surface area contributed by atoms with E-state index in [0.717, 1.165) is 11.1 Å². The smallest absolute Gasteiger partial charge is 0.198 e. The summed E-state index contributed by atoms with van der Waals surface area (Å²) in [4.78, 5) is 11.5. The summed E-state index contributed by atoms with van der Waals surface area (Å²) in [6, 6.07) is 15.4. The quantitative estimate of drug-likeness (QED) is 0.851. The standard InChI is InChI=1S/C17H16O3/c1-11(18)13-7-8-16-15(9-13)14(10-17(19)20-16)12-5-3-2-4-6-12/h2-9,14,17,19H,10H2,1H3. The van der Waals surface area contributed by atoms with E-state index in [1.165, 1.54) is 0 Å². The zero-order chi connectivity index (χ0) is 14.1. The molecule has 0 aromatic heterocycles. The van der Waals surface area contributed by atoms with E-state index in [9.17, 15) is 9.90 Å². The van der Waals surface area contributed by atoms with Crippen molar-refractivity contribution in [2.24, 2.45) is 0 Å². The van der Waals surface area contributed by atoms with Crippen LogP contribution < -0.4 is 4.74 Å². The van der Waals surface area contributed by atoms with Crippen LogP contribution in [0.5, 0.6) is 5.75 Å². The molecule has 0 spiro atoms. The van der Waals surface area contributed by atoms with E-state index in [2.05, 4.69) is 0 Å². The number of aliphatic hydroxyl groups excluding tert-OH is 1. The molecule has 0 radical (unpaired) electrons. The summed E-state index contributed by atoms with van der Waals surface area (Å²) < 4.78 is 5.46. The first kappa shape index (κ1) is 12.9. The molecule has 0 fully saturated rings. The molecule has 3 nitrogen and oxygen atoms in total. The molecule has 0 amide bonds. The molecule has 20 heavy (non-hydrogen) atoms. The molecule has 2 aromatic rings. The highest BCUT2D eigenvalue weighted by Gasteiger charge is 2.28. The van der Waals surface area contributed by atoms with Crippen LogP contribution in [-0.2, 0) is 0 Å². The minimum atomic E-state index is -0.809. The van der Waals surface area contributed by atoms with Gasteiger partial charge in [0, 0.05) is 23.5 Å². The predicted octanol–water partition coefficient (Wildman–Crippen LogP) is 3.12. The molecular weight excluding hydrogens is 252 g/mol. The van der Waals surface area contributed by atoms with Crippen LogP contribution in [0.4, 0.5) is 0 Å². The molecule has 0 bridgehead atoms. The van der Waals surface area contributed by atoms with Crippen molar-refractivity contribution in [2.75, 3.05) is 0 Å². The van der Waals surface area contributed by atoms with Gasteiger partial charge in [0.05, 0.1) is 0 Å². The zero-order valence-corrected chi connectivity index (χ0v) is 11.2. The normalized spacial score (nSPS) is 20.9. The van der Waals surface area contributed by atoms with Crippen LogP contribution >= 0.6 is 0 Å². The number of aliphatic hydroxyl groups is 1. The van der Waals surface area contributed by atoms with E-state index in [1.807, 2.05) is 36.4 Å². The Morgan fingerprint density at radius 1 is 1.20 bits per heavy atom. The van der Waals surface area contributed by atoms with Crippen molar-refractivity contribution in [1.82, 2.24) is 0 Å². The molecule has 1 heterocycles. The van der Waals surface area contributed by atoms with Crippen LogP contribution in [0.15, 0.2) is 48.5 Å². The zero-order valence-electron chi connectivity index (χ0n) is 11.2. The molecule has 1 N–H and O–H groups in total. The van der Waals surface area contributed by atoms with Gasteiger partial charge in [0.15, 0.2) is 12.1 Å². The Balaban J connectivity index is 2.10. The Morgan fingerprint density at radius 2 is 1.95 bits per heavy atom. The van der Waals surface area contributed by atoms with Gasteiger partial charge in [0.25, 0.3) is 0 Å². The molecule has 0 saturated heterocycles. The Hall–Kier alpha value is -2.13. The minimum absolute atomic E-state index is 0.0331. The maximum absolute atomic E-state index is 11.5. The fraction of sp³-hybridized carbons (Fsp3) is 0.235. The van der Waals surface area contributed by atoms with Gasteiger partial charge in [0.2, 0.25) is 0 Å². The first-order chi connectivity index (χ1) is 9.65. The number of hydrogen-bond donors (Lipinski definition) is 1. The molecule has 102 valence electrons. The molecule has 2 unspecified atom stereocenters. The lowest BCUT2D eigenvalue weighted by Crippen LogP contribution is -2.26. The summed E-state index contributed by atoms with van der Waals surface area (Å²) >= 11 is 0. The third-order valence-corrected chi connectivity index (χ3v) is 3.69. The second-order valence-corrected chi connectivity index (χ2v) is 5.08. The van der Waals surface area contributed by atoms with E-state index in [4.69, 9.17) is 4.74 Å². The largest absolute Gasteiger partial charge is 0.465 e. The molecular formula is C17H16O3. The summed E-state index contributed by atoms with van der Waals surface area (Å²) in [5.41, 5.74) is 2.76. The van der Waals surface area contributed by atoms with Gasteiger partial charge in [-0.25, -0.2) is 0 Å². The van der Waals surface area contributed by atoms with Gasteiger partial charge >= 0.3 is 0 Å². The predicted molar refractivity (Wildman–Crippen MR) is 76.0 cm³/mol. The van der Waals surface area contributed by atoms with Crippen molar-refractivity contribution in [3.05, 3.63) is 65.2 Å². The second-order valence-electron chi connectivity index (χ2n) is 5.08. The van der Waals surface area contributed by atoms with E-state index < -0.39 is 6.29 Å². The van der Waals surface area contributed by atoms with E-state index in [1.54, 1.807) is 19.1 Å². The first-order valence-corrected chi connectivity index (χ1v) is 6.69. The molecule has 2 aromatic carbocycles. The summed E-state index contributed by atoms with van der Waals surface area (Å²) in [5.74, 6) is 0.739. The van der Waals surface area contributed by atoms with E-state index in [-0.39, 0.29) is 11.7 Å². The third kappa shape index (κ3) is 2.32. The van der Waals surface area contributed by atoms with Gasteiger partial charge in [-0.05, 0) is 30.7 Å². The van der Waals surface area contributed by atoms with Crippen LogP contribution in [-0.4, -0.2) is 17.2 Å². The molecule has 2 atom stereocenters. The molecule has 1 aliphatic heterocycles. The highest BCUT2D eigenvalue weighted by Crippen LogP contribution is 2.40. The molecule has 1 aliphatic rings. The molecule has 3 rings (SSSR count). The Morgan fingerprint density at radius 3 is 2.65 bits per heavy atom. The number of fused-ring (bicyclic) bond motifs is 1. The Bertz CT molecular complexity index is 634. The summed E-state index contributed by atoms with van der Waals surface area (Å²) in [7, 11) is 0. The fourth-order valence-electron chi connectivity index (χ4n) is 2.67. The van der Waals surface area contributed by atoms with Crippen LogP contribution in [0.3, 0.4) is 0 Å². The SMILES string of the molecule is CC(=O)c1ccc2c(c1)C(c1ccccc1)CC(O)O2. The number of ketones is 1. The van der Waals surface area contributed by atoms with Crippen molar-refractivity contribution >= 4 is 5.78 Å². The van der Waals surface area contributed by atoms with Gasteiger partial charge in [-0.1, -0.05) is 30.3 Å². The summed E-state index contributed by atoms with van der Waals surface area (Å²) in [6.45, 7) is 1.55. The van der Waals surface area contributed by atoms with Crippen molar-refractivity contribution in [3.63, 3.8) is 0 Å². The van der Waals surface area contributed by atoms with Gasteiger partial charge in [0.1, 0.15) is 5.75 Å². The van der Waals surface area contributed by atoms with Crippen molar-refractivity contribution in [1.29, 1.82) is 0 Å². The summed E-state index contributed by atoms with van der Waals surface area (Å²) in [5, 5.41) is 9.88. The maximum Gasteiger partial charge on any atom is 0.198 e. The molecule has 3 heteroatoms. The molecule has 0 saturated carbocycles. The average molecular weight is 268 g/mol. The fourth-order valence-corrected chi connectivity index (χ4v) is 2.67. The number of Topliss-reactive ketones (excluding diaryl/α,β-unsaturated/α-hetero) is 1. The number of carbonyl (C=O) groups is 1. The Kier molecular flexibility index (Phi) is 3.28.